The van der Waals surface area contributed by atoms with Crippen LogP contribution in [0.1, 0.15) is 13.8 Å². The van der Waals surface area contributed by atoms with Crippen LogP contribution in [0.5, 0.6) is 5.75 Å². The molecule has 0 aliphatic carbocycles. The van der Waals surface area contributed by atoms with Crippen molar-refractivity contribution < 1.29 is 4.74 Å². The van der Waals surface area contributed by atoms with Crippen LogP contribution in [0.2, 0.25) is 5.28 Å². The van der Waals surface area contributed by atoms with Crippen LogP contribution in [0.3, 0.4) is 0 Å². The maximum Gasteiger partial charge on any atom is 0.222 e. The van der Waals surface area contributed by atoms with Crippen LogP contribution >= 0.6 is 11.6 Å². The van der Waals surface area contributed by atoms with Crippen molar-refractivity contribution in [3.8, 4) is 17.0 Å². The van der Waals surface area contributed by atoms with Gasteiger partial charge in [-0.25, -0.2) is 9.97 Å². The highest BCUT2D eigenvalue weighted by Crippen LogP contribution is 2.29. The third kappa shape index (κ3) is 2.94. The second kappa shape index (κ2) is 5.15. The maximum atomic E-state index is 5.79. The van der Waals surface area contributed by atoms with E-state index in [-0.39, 0.29) is 11.4 Å². The summed E-state index contributed by atoms with van der Waals surface area (Å²) < 4.78 is 5.74. The van der Waals surface area contributed by atoms with E-state index in [9.17, 15) is 0 Å². The molecule has 1 aromatic heterocycles. The van der Waals surface area contributed by atoms with Gasteiger partial charge in [0.25, 0.3) is 0 Å². The molecule has 88 valence electrons. The Morgan fingerprint density at radius 3 is 2.65 bits per heavy atom. The number of para-hydroxylation sites is 1. The van der Waals surface area contributed by atoms with Gasteiger partial charge in [0.05, 0.1) is 11.8 Å². The van der Waals surface area contributed by atoms with Crippen molar-refractivity contribution in [2.75, 3.05) is 0 Å². The minimum absolute atomic E-state index is 0.119. The Morgan fingerprint density at radius 2 is 1.94 bits per heavy atom. The minimum atomic E-state index is 0.119. The zero-order chi connectivity index (χ0) is 12.3. The fraction of sp³-hybridized carbons (Fsp3) is 0.231. The van der Waals surface area contributed by atoms with Gasteiger partial charge in [-0.3, -0.25) is 0 Å². The summed E-state index contributed by atoms with van der Waals surface area (Å²) >= 11 is 5.79. The molecule has 0 aliphatic rings. The molecule has 3 nitrogen and oxygen atoms in total. The normalized spacial score (nSPS) is 10.6. The van der Waals surface area contributed by atoms with E-state index in [1.165, 1.54) is 0 Å². The molecule has 0 radical (unpaired) electrons. The summed E-state index contributed by atoms with van der Waals surface area (Å²) in [7, 11) is 0. The summed E-state index contributed by atoms with van der Waals surface area (Å²) in [6, 6.07) is 9.57. The van der Waals surface area contributed by atoms with E-state index < -0.39 is 0 Å². The van der Waals surface area contributed by atoms with Gasteiger partial charge in [0, 0.05) is 11.8 Å². The second-order valence-corrected chi connectivity index (χ2v) is 4.21. The molecule has 0 spiro atoms. The molecule has 0 saturated carbocycles. The minimum Gasteiger partial charge on any atom is -0.490 e. The van der Waals surface area contributed by atoms with E-state index in [2.05, 4.69) is 9.97 Å². The molecule has 0 fully saturated rings. The van der Waals surface area contributed by atoms with Gasteiger partial charge in [0.15, 0.2) is 0 Å². The van der Waals surface area contributed by atoms with Gasteiger partial charge in [0.1, 0.15) is 5.75 Å². The number of hydrogen-bond donors (Lipinski definition) is 0. The van der Waals surface area contributed by atoms with Crippen molar-refractivity contribution in [2.24, 2.45) is 0 Å². The fourth-order valence-electron chi connectivity index (χ4n) is 1.52. The van der Waals surface area contributed by atoms with Gasteiger partial charge < -0.3 is 4.74 Å². The Bertz CT molecular complexity index is 514. The summed E-state index contributed by atoms with van der Waals surface area (Å²) in [4.78, 5) is 8.06. The van der Waals surface area contributed by atoms with Gasteiger partial charge >= 0.3 is 0 Å². The maximum absolute atomic E-state index is 5.79. The first kappa shape index (κ1) is 11.9. The Kier molecular flexibility index (Phi) is 3.59. The summed E-state index contributed by atoms with van der Waals surface area (Å²) in [5.74, 6) is 0.803. The molecule has 0 atom stereocenters. The molecular formula is C13H13ClN2O. The van der Waals surface area contributed by atoms with E-state index in [4.69, 9.17) is 16.3 Å². The third-order valence-electron chi connectivity index (χ3n) is 2.15. The zero-order valence-electron chi connectivity index (χ0n) is 9.72. The summed E-state index contributed by atoms with van der Waals surface area (Å²) in [5, 5.41) is 0.238. The first-order valence-corrected chi connectivity index (χ1v) is 5.79. The molecular weight excluding hydrogens is 236 g/mol. The summed E-state index contributed by atoms with van der Waals surface area (Å²) in [5.41, 5.74) is 1.69. The van der Waals surface area contributed by atoms with Crippen molar-refractivity contribution in [1.82, 2.24) is 9.97 Å². The van der Waals surface area contributed by atoms with Gasteiger partial charge in [-0.05, 0) is 43.6 Å². The van der Waals surface area contributed by atoms with E-state index in [1.807, 2.05) is 44.2 Å². The molecule has 0 amide bonds. The largest absolute Gasteiger partial charge is 0.490 e. The predicted octanol–water partition coefficient (Wildman–Crippen LogP) is 3.58. The fourth-order valence-corrected chi connectivity index (χ4v) is 1.67. The molecule has 0 aliphatic heterocycles. The zero-order valence-corrected chi connectivity index (χ0v) is 10.5. The highest BCUT2D eigenvalue weighted by molar-refractivity contribution is 6.28. The number of nitrogens with zero attached hydrogens (tertiary/aromatic N) is 2. The molecule has 0 bridgehead atoms. The number of hydrogen-bond acceptors (Lipinski definition) is 3. The average molecular weight is 249 g/mol. The molecule has 2 aromatic rings. The predicted molar refractivity (Wildman–Crippen MR) is 68.2 cm³/mol. The number of halogens is 1. The number of rotatable bonds is 3. The van der Waals surface area contributed by atoms with Crippen LogP contribution in [0.15, 0.2) is 36.5 Å². The molecule has 2 rings (SSSR count). The van der Waals surface area contributed by atoms with Gasteiger partial charge in [-0.1, -0.05) is 12.1 Å². The smallest absolute Gasteiger partial charge is 0.222 e. The molecule has 0 unspecified atom stereocenters. The lowest BCUT2D eigenvalue weighted by Crippen LogP contribution is -2.06. The third-order valence-corrected chi connectivity index (χ3v) is 2.33. The highest BCUT2D eigenvalue weighted by atomic mass is 35.5. The van der Waals surface area contributed by atoms with Crippen molar-refractivity contribution in [3.63, 3.8) is 0 Å². The van der Waals surface area contributed by atoms with Gasteiger partial charge in [-0.15, -0.1) is 0 Å². The van der Waals surface area contributed by atoms with Crippen molar-refractivity contribution in [3.05, 3.63) is 41.8 Å². The molecule has 1 aromatic carbocycles. The molecule has 4 heteroatoms. The lowest BCUT2D eigenvalue weighted by atomic mass is 10.1. The van der Waals surface area contributed by atoms with Crippen molar-refractivity contribution in [2.45, 2.75) is 20.0 Å². The van der Waals surface area contributed by atoms with Gasteiger partial charge in [-0.2, -0.15) is 0 Å². The van der Waals surface area contributed by atoms with E-state index in [1.54, 1.807) is 6.20 Å². The Morgan fingerprint density at radius 1 is 1.18 bits per heavy atom. The van der Waals surface area contributed by atoms with Crippen LogP contribution in [0.25, 0.3) is 11.3 Å². The van der Waals surface area contributed by atoms with Crippen LogP contribution in [0.4, 0.5) is 0 Å². The Balaban J connectivity index is 2.44. The van der Waals surface area contributed by atoms with E-state index in [0.717, 1.165) is 17.0 Å². The number of ether oxygens (including phenoxy) is 1. The molecule has 0 N–H and O–H groups in total. The summed E-state index contributed by atoms with van der Waals surface area (Å²) in [6.45, 7) is 3.98. The molecule has 0 saturated heterocycles. The number of benzene rings is 1. The lowest BCUT2D eigenvalue weighted by Gasteiger charge is -2.13. The Hall–Kier alpha value is -1.61. The van der Waals surface area contributed by atoms with E-state index in [0.29, 0.717) is 0 Å². The van der Waals surface area contributed by atoms with Crippen molar-refractivity contribution in [1.29, 1.82) is 0 Å². The standard InChI is InChI=1S/C13H13ClN2O/c1-9(2)17-12-6-4-3-5-10(12)11-7-8-15-13(14)16-11/h3-9H,1-2H3. The van der Waals surface area contributed by atoms with Crippen LogP contribution in [-0.4, -0.2) is 16.1 Å². The van der Waals surface area contributed by atoms with Crippen LogP contribution < -0.4 is 4.74 Å². The summed E-state index contributed by atoms with van der Waals surface area (Å²) in [6.07, 6.45) is 1.75. The quantitative estimate of drug-likeness (QED) is 0.779. The highest BCUT2D eigenvalue weighted by Gasteiger charge is 2.08. The number of aromatic nitrogens is 2. The monoisotopic (exact) mass is 248 g/mol. The SMILES string of the molecule is CC(C)Oc1ccccc1-c1ccnc(Cl)n1. The van der Waals surface area contributed by atoms with Crippen LogP contribution in [0, 0.1) is 0 Å². The van der Waals surface area contributed by atoms with Crippen molar-refractivity contribution >= 4 is 11.6 Å². The first-order chi connectivity index (χ1) is 8.16. The topological polar surface area (TPSA) is 35.0 Å². The average Bonchev–Trinajstić information content (AvgIpc) is 2.29. The first-order valence-electron chi connectivity index (χ1n) is 5.41. The Labute approximate surface area is 105 Å². The van der Waals surface area contributed by atoms with Crippen LogP contribution in [-0.2, 0) is 0 Å². The van der Waals surface area contributed by atoms with E-state index >= 15 is 0 Å². The second-order valence-electron chi connectivity index (χ2n) is 3.87. The lowest BCUT2D eigenvalue weighted by molar-refractivity contribution is 0.243. The molecule has 1 heterocycles. The molecule has 17 heavy (non-hydrogen) atoms. The van der Waals surface area contributed by atoms with Gasteiger partial charge in [0.2, 0.25) is 5.28 Å².